The van der Waals surface area contributed by atoms with Crippen LogP contribution < -0.4 is 5.32 Å². The van der Waals surface area contributed by atoms with Gasteiger partial charge in [0, 0.05) is 19.1 Å². The highest BCUT2D eigenvalue weighted by Gasteiger charge is 2.29. The van der Waals surface area contributed by atoms with Crippen LogP contribution in [0, 0.1) is 5.92 Å². The molecule has 1 saturated heterocycles. The van der Waals surface area contributed by atoms with Crippen LogP contribution in [-0.4, -0.2) is 35.8 Å². The molecule has 1 fully saturated rings. The monoisotopic (exact) mass is 280 g/mol. The fraction of sp³-hybridized carbons (Fsp3) is 0.571. The van der Waals surface area contributed by atoms with Gasteiger partial charge in [0.2, 0.25) is 5.91 Å². The second-order valence-electron chi connectivity index (χ2n) is 5.23. The number of hydrogen-bond donors (Lipinski definition) is 1. The minimum atomic E-state index is -0.0694. The summed E-state index contributed by atoms with van der Waals surface area (Å²) in [6, 6.07) is 3.87. The van der Waals surface area contributed by atoms with Gasteiger partial charge in [-0.25, -0.2) is 0 Å². The highest BCUT2D eigenvalue weighted by atomic mass is 32.1. The molecule has 1 aromatic heterocycles. The van der Waals surface area contributed by atoms with Gasteiger partial charge in [-0.3, -0.25) is 9.59 Å². The van der Waals surface area contributed by atoms with E-state index in [0.29, 0.717) is 6.54 Å². The minimum Gasteiger partial charge on any atom is -0.354 e. The second-order valence-corrected chi connectivity index (χ2v) is 6.18. The number of thiophene rings is 1. The highest BCUT2D eigenvalue weighted by Crippen LogP contribution is 2.20. The van der Waals surface area contributed by atoms with Crippen LogP contribution in [0.2, 0.25) is 0 Å². The molecule has 0 bridgehead atoms. The quantitative estimate of drug-likeness (QED) is 0.922. The zero-order valence-electron chi connectivity index (χ0n) is 11.4. The van der Waals surface area contributed by atoms with Crippen LogP contribution in [0.25, 0.3) is 0 Å². The van der Waals surface area contributed by atoms with Crippen molar-refractivity contribution in [1.29, 1.82) is 0 Å². The summed E-state index contributed by atoms with van der Waals surface area (Å²) in [5, 5.41) is 4.84. The fourth-order valence-electron chi connectivity index (χ4n) is 2.33. The Kier molecular flexibility index (Phi) is 4.58. The van der Waals surface area contributed by atoms with Crippen molar-refractivity contribution in [3.8, 4) is 0 Å². The van der Waals surface area contributed by atoms with Crippen molar-refractivity contribution < 1.29 is 9.59 Å². The van der Waals surface area contributed by atoms with Crippen molar-refractivity contribution in [2.45, 2.75) is 32.7 Å². The number of hydrogen-bond acceptors (Lipinski definition) is 3. The van der Waals surface area contributed by atoms with E-state index < -0.39 is 0 Å². The Labute approximate surface area is 117 Å². The van der Waals surface area contributed by atoms with Gasteiger partial charge in [0.25, 0.3) is 5.91 Å². The maximum atomic E-state index is 12.3. The molecule has 0 spiro atoms. The Balaban J connectivity index is 1.97. The standard InChI is InChI=1S/C14H20N2O2S/c1-10(2)15-13(17)11-5-3-7-16(9-11)14(18)12-6-4-8-19-12/h4,6,8,10-11H,3,5,7,9H2,1-2H3,(H,15,17)/t11-/m1/s1. The number of likely N-dealkylation sites (tertiary alicyclic amines) is 1. The van der Waals surface area contributed by atoms with Gasteiger partial charge in [-0.15, -0.1) is 11.3 Å². The lowest BCUT2D eigenvalue weighted by Crippen LogP contribution is -2.46. The average Bonchev–Trinajstić information content (AvgIpc) is 2.91. The van der Waals surface area contributed by atoms with Crippen LogP contribution in [0.15, 0.2) is 17.5 Å². The Hall–Kier alpha value is -1.36. The first kappa shape index (κ1) is 14.1. The molecular formula is C14H20N2O2S. The molecule has 2 rings (SSSR count). The van der Waals surface area contributed by atoms with Gasteiger partial charge in [0.05, 0.1) is 10.8 Å². The van der Waals surface area contributed by atoms with Crippen LogP contribution >= 0.6 is 11.3 Å². The highest BCUT2D eigenvalue weighted by molar-refractivity contribution is 7.12. The summed E-state index contributed by atoms with van der Waals surface area (Å²) in [4.78, 5) is 26.8. The molecular weight excluding hydrogens is 260 g/mol. The van der Waals surface area contributed by atoms with Crippen molar-refractivity contribution in [3.05, 3.63) is 22.4 Å². The normalized spacial score (nSPS) is 19.5. The smallest absolute Gasteiger partial charge is 0.263 e. The zero-order valence-corrected chi connectivity index (χ0v) is 12.2. The van der Waals surface area contributed by atoms with E-state index in [-0.39, 0.29) is 23.8 Å². The number of carbonyl (C=O) groups is 2. The van der Waals surface area contributed by atoms with Gasteiger partial charge < -0.3 is 10.2 Å². The molecule has 1 aliphatic heterocycles. The zero-order chi connectivity index (χ0) is 13.8. The van der Waals surface area contributed by atoms with Crippen molar-refractivity contribution in [2.24, 2.45) is 5.92 Å². The molecule has 1 aromatic rings. The summed E-state index contributed by atoms with van der Waals surface area (Å²) in [7, 11) is 0. The molecule has 104 valence electrons. The van der Waals surface area contributed by atoms with E-state index in [2.05, 4.69) is 5.32 Å². The van der Waals surface area contributed by atoms with Gasteiger partial charge in [0.1, 0.15) is 0 Å². The third-order valence-electron chi connectivity index (χ3n) is 3.24. The number of amides is 2. The van der Waals surface area contributed by atoms with Crippen molar-refractivity contribution in [2.75, 3.05) is 13.1 Å². The second kappa shape index (κ2) is 6.19. The van der Waals surface area contributed by atoms with Gasteiger partial charge in [0.15, 0.2) is 0 Å². The Morgan fingerprint density at radius 1 is 1.47 bits per heavy atom. The van der Waals surface area contributed by atoms with Crippen molar-refractivity contribution >= 4 is 23.2 Å². The number of carbonyl (C=O) groups excluding carboxylic acids is 2. The lowest BCUT2D eigenvalue weighted by molar-refractivity contribution is -0.126. The first-order valence-electron chi connectivity index (χ1n) is 6.71. The molecule has 5 heteroatoms. The molecule has 4 nitrogen and oxygen atoms in total. The van der Waals surface area contributed by atoms with E-state index in [1.807, 2.05) is 31.4 Å². The molecule has 0 radical (unpaired) electrons. The molecule has 0 unspecified atom stereocenters. The molecule has 0 aliphatic carbocycles. The van der Waals surface area contributed by atoms with E-state index in [1.54, 1.807) is 4.90 Å². The van der Waals surface area contributed by atoms with Crippen molar-refractivity contribution in [3.63, 3.8) is 0 Å². The van der Waals surface area contributed by atoms with Crippen LogP contribution in [0.5, 0.6) is 0 Å². The van der Waals surface area contributed by atoms with Crippen LogP contribution in [0.1, 0.15) is 36.4 Å². The minimum absolute atomic E-state index is 0.0528. The molecule has 1 atom stereocenters. The largest absolute Gasteiger partial charge is 0.354 e. The average molecular weight is 280 g/mol. The van der Waals surface area contributed by atoms with Gasteiger partial charge in [-0.1, -0.05) is 6.07 Å². The lowest BCUT2D eigenvalue weighted by Gasteiger charge is -2.32. The maximum absolute atomic E-state index is 12.3. The third-order valence-corrected chi connectivity index (χ3v) is 4.10. The molecule has 0 saturated carbocycles. The summed E-state index contributed by atoms with van der Waals surface area (Å²) in [6.07, 6.45) is 1.76. The first-order chi connectivity index (χ1) is 9.08. The van der Waals surface area contributed by atoms with E-state index >= 15 is 0 Å². The molecule has 2 heterocycles. The van der Waals surface area contributed by atoms with Crippen LogP contribution in [-0.2, 0) is 4.79 Å². The summed E-state index contributed by atoms with van der Waals surface area (Å²) in [5.41, 5.74) is 0. The van der Waals surface area contributed by atoms with Gasteiger partial charge >= 0.3 is 0 Å². The first-order valence-corrected chi connectivity index (χ1v) is 7.59. The van der Waals surface area contributed by atoms with Crippen molar-refractivity contribution in [1.82, 2.24) is 10.2 Å². The summed E-state index contributed by atoms with van der Waals surface area (Å²) in [5.74, 6) is 0.0517. The van der Waals surface area contributed by atoms with E-state index in [0.717, 1.165) is 24.3 Å². The molecule has 19 heavy (non-hydrogen) atoms. The maximum Gasteiger partial charge on any atom is 0.263 e. The third kappa shape index (κ3) is 3.56. The Bertz CT molecular complexity index is 442. The summed E-state index contributed by atoms with van der Waals surface area (Å²) < 4.78 is 0. The lowest BCUT2D eigenvalue weighted by atomic mass is 9.96. The molecule has 1 aliphatic rings. The predicted octanol–water partition coefficient (Wildman–Crippen LogP) is 2.12. The van der Waals surface area contributed by atoms with E-state index in [1.165, 1.54) is 11.3 Å². The van der Waals surface area contributed by atoms with E-state index in [9.17, 15) is 9.59 Å². The fourth-order valence-corrected chi connectivity index (χ4v) is 3.02. The van der Waals surface area contributed by atoms with E-state index in [4.69, 9.17) is 0 Å². The number of nitrogens with zero attached hydrogens (tertiary/aromatic N) is 1. The Morgan fingerprint density at radius 3 is 2.89 bits per heavy atom. The van der Waals surface area contributed by atoms with Gasteiger partial charge in [-0.05, 0) is 38.1 Å². The number of nitrogens with one attached hydrogen (secondary N) is 1. The molecule has 1 N–H and O–H groups in total. The molecule has 0 aromatic carbocycles. The van der Waals surface area contributed by atoms with Crippen LogP contribution in [0.3, 0.4) is 0 Å². The topological polar surface area (TPSA) is 49.4 Å². The molecule has 2 amide bonds. The predicted molar refractivity (Wildman–Crippen MR) is 76.2 cm³/mol. The number of rotatable bonds is 3. The van der Waals surface area contributed by atoms with Crippen LogP contribution in [0.4, 0.5) is 0 Å². The van der Waals surface area contributed by atoms with Gasteiger partial charge in [-0.2, -0.15) is 0 Å². The summed E-state index contributed by atoms with van der Waals surface area (Å²) in [6.45, 7) is 5.20. The number of piperidine rings is 1. The SMILES string of the molecule is CC(C)NC(=O)[C@@H]1CCCN(C(=O)c2cccs2)C1. The summed E-state index contributed by atoms with van der Waals surface area (Å²) >= 11 is 1.45. The Morgan fingerprint density at radius 2 is 2.26 bits per heavy atom.